The van der Waals surface area contributed by atoms with Gasteiger partial charge in [0.15, 0.2) is 23.0 Å². The largest absolute Gasteiger partial charge is 0.493 e. The number of carbonyl (C=O) groups is 1. The number of aliphatic hydroxyl groups is 1. The molecule has 0 atom stereocenters. The van der Waals surface area contributed by atoms with Gasteiger partial charge in [-0.25, -0.2) is 4.79 Å². The Morgan fingerprint density at radius 3 is 2.11 bits per heavy atom. The van der Waals surface area contributed by atoms with Gasteiger partial charge in [-0.1, -0.05) is 38.1 Å². The number of fused-ring (bicyclic) bond motifs is 3. The first-order valence-corrected chi connectivity index (χ1v) is 18.7. The standard InChI is InChI=1S/C21H27N3O4.C20H19N3O4.C2H6/c1-26-20-10-16(17(23)11-21(20)27-2)18(12-22)24-7-6-15-14(13-24)4-3-5-19(15)28-9-8-25;1-26-18-8-15-16(9-19(18)27-2)22-21-10-17(15)23-7-6-13-12(11-23)4-3-5-14(13)20(24)25;1-2/h3-5,10-12,25H,6-9,13,22-23H2,1-2H3;3-5,8-10H,6-7,11H2,1-2H3,(H,24,25);1-2H3/b18-12+;;. The number of nitrogens with two attached hydrogens (primary N) is 2. The molecule has 57 heavy (non-hydrogen) atoms. The van der Waals surface area contributed by atoms with Gasteiger partial charge in [-0.15, -0.1) is 0 Å². The molecule has 0 aliphatic carbocycles. The molecular weight excluding hydrogens is 729 g/mol. The van der Waals surface area contributed by atoms with Crippen LogP contribution >= 0.6 is 0 Å². The van der Waals surface area contributed by atoms with Crippen molar-refractivity contribution in [1.82, 2.24) is 15.1 Å². The summed E-state index contributed by atoms with van der Waals surface area (Å²) >= 11 is 0. The van der Waals surface area contributed by atoms with Crippen LogP contribution < -0.4 is 40.1 Å². The van der Waals surface area contributed by atoms with E-state index in [9.17, 15) is 9.90 Å². The third kappa shape index (κ3) is 9.02. The predicted octanol–water partition coefficient (Wildman–Crippen LogP) is 5.91. The number of aromatic carboxylic acids is 1. The molecule has 2 aliphatic rings. The Bertz CT molecular complexity index is 2210. The summed E-state index contributed by atoms with van der Waals surface area (Å²) < 4.78 is 27.2. The van der Waals surface area contributed by atoms with Crippen molar-refractivity contribution in [3.05, 3.63) is 106 Å². The molecule has 0 radical (unpaired) electrons. The summed E-state index contributed by atoms with van der Waals surface area (Å²) in [5, 5.41) is 27.7. The fourth-order valence-corrected chi connectivity index (χ4v) is 7.19. The topological polar surface area (TPSA) is 188 Å². The monoisotopic (exact) mass is 780 g/mol. The van der Waals surface area contributed by atoms with Gasteiger partial charge in [0.05, 0.1) is 63.7 Å². The minimum atomic E-state index is -0.881. The maximum Gasteiger partial charge on any atom is 0.335 e. The van der Waals surface area contributed by atoms with Crippen LogP contribution in [0.5, 0.6) is 28.7 Å². The maximum absolute atomic E-state index is 11.5. The second-order valence-corrected chi connectivity index (χ2v) is 12.9. The number of anilines is 2. The van der Waals surface area contributed by atoms with Crippen molar-refractivity contribution >= 4 is 33.9 Å². The second kappa shape index (κ2) is 19.4. The SMILES string of the molecule is CC.COc1cc(N)c(/C(=C\N)N2CCc3c(cccc3OCCO)C2)cc1OC.COc1cc2nncc(N3CCc4c(cccc4C(=O)O)C3)c2cc1OC. The summed E-state index contributed by atoms with van der Waals surface area (Å²) in [4.78, 5) is 15.9. The molecule has 302 valence electrons. The third-order valence-corrected chi connectivity index (χ3v) is 9.86. The summed E-state index contributed by atoms with van der Waals surface area (Å²) in [5.41, 5.74) is 20.8. The Morgan fingerprint density at radius 2 is 1.44 bits per heavy atom. The Labute approximate surface area is 333 Å². The highest BCUT2D eigenvalue weighted by Gasteiger charge is 2.25. The van der Waals surface area contributed by atoms with Crippen molar-refractivity contribution in [3.63, 3.8) is 0 Å². The lowest BCUT2D eigenvalue weighted by Gasteiger charge is -2.34. The van der Waals surface area contributed by atoms with Crippen LogP contribution in [-0.2, 0) is 25.9 Å². The first-order valence-electron chi connectivity index (χ1n) is 18.7. The summed E-state index contributed by atoms with van der Waals surface area (Å²) in [6, 6.07) is 18.7. The van der Waals surface area contributed by atoms with Crippen molar-refractivity contribution in [2.45, 2.75) is 39.8 Å². The van der Waals surface area contributed by atoms with E-state index in [1.165, 1.54) is 11.1 Å². The first kappa shape index (κ1) is 41.7. The molecule has 2 aliphatic heterocycles. The van der Waals surface area contributed by atoms with E-state index in [1.54, 1.807) is 59.0 Å². The van der Waals surface area contributed by atoms with Crippen LogP contribution in [0.2, 0.25) is 0 Å². The Hall–Kier alpha value is -6.41. The number of rotatable bonds is 11. The molecule has 14 heteroatoms. The number of nitrogen functional groups attached to an aromatic ring is 1. The summed E-state index contributed by atoms with van der Waals surface area (Å²) in [5.74, 6) is 2.36. The van der Waals surface area contributed by atoms with E-state index in [-0.39, 0.29) is 13.2 Å². The zero-order valence-corrected chi connectivity index (χ0v) is 33.4. The highest BCUT2D eigenvalue weighted by Crippen LogP contribution is 2.39. The van der Waals surface area contributed by atoms with Gasteiger partial charge in [-0.3, -0.25) is 0 Å². The zero-order chi connectivity index (χ0) is 41.1. The van der Waals surface area contributed by atoms with Gasteiger partial charge in [-0.2, -0.15) is 10.2 Å². The molecule has 6 N–H and O–H groups in total. The lowest BCUT2D eigenvalue weighted by atomic mass is 9.94. The molecule has 0 bridgehead atoms. The molecule has 0 spiro atoms. The van der Waals surface area contributed by atoms with E-state index >= 15 is 0 Å². The van der Waals surface area contributed by atoms with Crippen molar-refractivity contribution in [3.8, 4) is 28.7 Å². The lowest BCUT2D eigenvalue weighted by molar-refractivity contribution is 0.0695. The van der Waals surface area contributed by atoms with Gasteiger partial charge in [-0.05, 0) is 53.8 Å². The Kier molecular flexibility index (Phi) is 14.2. The van der Waals surface area contributed by atoms with Gasteiger partial charge < -0.3 is 55.2 Å². The van der Waals surface area contributed by atoms with Crippen LogP contribution in [0.1, 0.15) is 52.0 Å². The van der Waals surface area contributed by atoms with Crippen LogP contribution in [0.15, 0.2) is 73.1 Å². The molecule has 3 heterocycles. The molecule has 0 saturated heterocycles. The molecule has 7 rings (SSSR count). The fourth-order valence-electron chi connectivity index (χ4n) is 7.19. The van der Waals surface area contributed by atoms with Crippen LogP contribution in [0.3, 0.4) is 0 Å². The molecule has 4 aromatic carbocycles. The number of ether oxygens (including phenoxy) is 5. The molecular formula is C43H52N6O8. The van der Waals surface area contributed by atoms with Crippen molar-refractivity contribution < 1.29 is 38.7 Å². The van der Waals surface area contributed by atoms with E-state index in [4.69, 9.17) is 40.3 Å². The average molecular weight is 781 g/mol. The predicted molar refractivity (Wildman–Crippen MR) is 221 cm³/mol. The number of carboxylic acid groups (broad SMARTS) is 1. The van der Waals surface area contributed by atoms with Gasteiger partial charge in [0, 0.05) is 66.7 Å². The average Bonchev–Trinajstić information content (AvgIpc) is 3.25. The van der Waals surface area contributed by atoms with E-state index in [1.807, 2.05) is 50.2 Å². The summed E-state index contributed by atoms with van der Waals surface area (Å²) in [7, 11) is 6.36. The molecule has 0 saturated carbocycles. The van der Waals surface area contributed by atoms with Crippen LogP contribution in [0, 0.1) is 0 Å². The summed E-state index contributed by atoms with van der Waals surface area (Å²) in [6.45, 7) is 7.05. The lowest BCUT2D eigenvalue weighted by Crippen LogP contribution is -2.31. The number of carboxylic acids is 1. The number of nitrogens with zero attached hydrogens (tertiary/aromatic N) is 4. The minimum absolute atomic E-state index is 0.00552. The molecule has 0 amide bonds. The molecule has 1 aromatic heterocycles. The number of methoxy groups -OCH3 is 4. The number of aromatic nitrogens is 2. The first-order chi connectivity index (χ1) is 27.7. The van der Waals surface area contributed by atoms with Crippen molar-refractivity contribution in [2.75, 3.05) is 65.4 Å². The number of benzene rings is 4. The van der Waals surface area contributed by atoms with Gasteiger partial charge in [0.1, 0.15) is 12.4 Å². The molecule has 0 fully saturated rings. The normalized spacial score (nSPS) is 13.2. The highest BCUT2D eigenvalue weighted by atomic mass is 16.5. The molecule has 0 unspecified atom stereocenters. The van der Waals surface area contributed by atoms with E-state index in [2.05, 4.69) is 26.1 Å². The van der Waals surface area contributed by atoms with Crippen molar-refractivity contribution in [1.29, 1.82) is 0 Å². The summed E-state index contributed by atoms with van der Waals surface area (Å²) in [6.07, 6.45) is 4.78. The third-order valence-electron chi connectivity index (χ3n) is 9.86. The van der Waals surface area contributed by atoms with Crippen LogP contribution in [0.4, 0.5) is 11.4 Å². The van der Waals surface area contributed by atoms with E-state index in [0.717, 1.165) is 57.7 Å². The highest BCUT2D eigenvalue weighted by molar-refractivity contribution is 5.94. The zero-order valence-electron chi connectivity index (χ0n) is 33.4. The van der Waals surface area contributed by atoms with Gasteiger partial charge in [0.2, 0.25) is 0 Å². The van der Waals surface area contributed by atoms with Crippen molar-refractivity contribution in [2.24, 2.45) is 5.73 Å². The smallest absolute Gasteiger partial charge is 0.335 e. The van der Waals surface area contributed by atoms with Crippen LogP contribution in [0.25, 0.3) is 16.6 Å². The molecule has 5 aromatic rings. The Morgan fingerprint density at radius 1 is 0.807 bits per heavy atom. The minimum Gasteiger partial charge on any atom is -0.493 e. The Balaban J connectivity index is 0.000000209. The fraction of sp³-hybridized carbons (Fsp3) is 0.326. The second-order valence-electron chi connectivity index (χ2n) is 12.9. The van der Waals surface area contributed by atoms with E-state index < -0.39 is 5.97 Å². The van der Waals surface area contributed by atoms with Gasteiger partial charge in [0.25, 0.3) is 0 Å². The maximum atomic E-state index is 11.5. The quantitative estimate of drug-likeness (QED) is 0.116. The number of hydrogen-bond acceptors (Lipinski definition) is 13. The number of hydrogen-bond donors (Lipinski definition) is 4. The van der Waals surface area contributed by atoms with E-state index in [0.29, 0.717) is 60.3 Å². The van der Waals surface area contributed by atoms with Gasteiger partial charge >= 0.3 is 5.97 Å². The van der Waals surface area contributed by atoms with Crippen LogP contribution in [-0.4, -0.2) is 86.0 Å². The number of aliphatic hydroxyl groups excluding tert-OH is 1. The molecule has 14 nitrogen and oxygen atoms in total.